The SMILES string of the molecule is CN(C)CC(=O)N1CC2(C1)OCCC2CCOc1ccccn1. The molecule has 2 aliphatic heterocycles. The Morgan fingerprint density at radius 2 is 2.30 bits per heavy atom. The van der Waals surface area contributed by atoms with Gasteiger partial charge in [0.15, 0.2) is 0 Å². The molecule has 2 aliphatic rings. The number of nitrogens with zero attached hydrogens (tertiary/aromatic N) is 3. The van der Waals surface area contributed by atoms with Gasteiger partial charge in [-0.3, -0.25) is 4.79 Å². The number of hydrogen-bond donors (Lipinski definition) is 0. The smallest absolute Gasteiger partial charge is 0.236 e. The standard InChI is InChI=1S/C17H25N3O3/c1-19(2)11-16(21)20-12-17(13-20)14(7-10-23-17)6-9-22-15-5-3-4-8-18-15/h3-5,8,14H,6-7,9-13H2,1-2H3. The molecule has 2 fully saturated rings. The molecule has 0 N–H and O–H groups in total. The maximum absolute atomic E-state index is 12.1. The lowest BCUT2D eigenvalue weighted by Gasteiger charge is -2.50. The van der Waals surface area contributed by atoms with Gasteiger partial charge in [0.1, 0.15) is 5.60 Å². The normalized spacial score (nSPS) is 22.4. The maximum Gasteiger partial charge on any atom is 0.236 e. The van der Waals surface area contributed by atoms with Gasteiger partial charge in [0.2, 0.25) is 11.8 Å². The van der Waals surface area contributed by atoms with Crippen molar-refractivity contribution in [2.45, 2.75) is 18.4 Å². The fourth-order valence-corrected chi connectivity index (χ4v) is 3.43. The van der Waals surface area contributed by atoms with E-state index in [1.54, 1.807) is 6.20 Å². The second-order valence-corrected chi connectivity index (χ2v) is 6.69. The van der Waals surface area contributed by atoms with E-state index in [4.69, 9.17) is 9.47 Å². The van der Waals surface area contributed by atoms with Gasteiger partial charge in [-0.25, -0.2) is 4.98 Å². The van der Waals surface area contributed by atoms with Crippen molar-refractivity contribution in [3.05, 3.63) is 24.4 Å². The first kappa shape index (κ1) is 16.2. The Morgan fingerprint density at radius 1 is 1.48 bits per heavy atom. The number of likely N-dealkylation sites (N-methyl/N-ethyl adjacent to an activating group) is 1. The van der Waals surface area contributed by atoms with Gasteiger partial charge in [0, 0.05) is 18.9 Å². The van der Waals surface area contributed by atoms with Crippen LogP contribution in [0.25, 0.3) is 0 Å². The van der Waals surface area contributed by atoms with Crippen LogP contribution in [0, 0.1) is 5.92 Å². The molecule has 0 bridgehead atoms. The summed E-state index contributed by atoms with van der Waals surface area (Å²) in [6, 6.07) is 5.66. The van der Waals surface area contributed by atoms with Crippen molar-refractivity contribution in [1.82, 2.24) is 14.8 Å². The Hall–Kier alpha value is -1.66. The molecular weight excluding hydrogens is 294 g/mol. The lowest BCUT2D eigenvalue weighted by molar-refractivity contribution is -0.166. The lowest BCUT2D eigenvalue weighted by Crippen LogP contribution is -2.67. The second-order valence-electron chi connectivity index (χ2n) is 6.69. The summed E-state index contributed by atoms with van der Waals surface area (Å²) in [5.41, 5.74) is -0.143. The highest BCUT2D eigenvalue weighted by Gasteiger charge is 2.54. The Balaban J connectivity index is 1.46. The van der Waals surface area contributed by atoms with Crippen LogP contribution in [0.15, 0.2) is 24.4 Å². The molecule has 3 heterocycles. The summed E-state index contributed by atoms with van der Waals surface area (Å²) >= 11 is 0. The molecule has 3 rings (SSSR count). The zero-order chi connectivity index (χ0) is 16.3. The summed E-state index contributed by atoms with van der Waals surface area (Å²) in [5.74, 6) is 1.30. The van der Waals surface area contributed by atoms with Crippen LogP contribution in [-0.2, 0) is 9.53 Å². The van der Waals surface area contributed by atoms with Crippen molar-refractivity contribution < 1.29 is 14.3 Å². The summed E-state index contributed by atoms with van der Waals surface area (Å²) in [4.78, 5) is 20.0. The Bertz CT molecular complexity index is 529. The van der Waals surface area contributed by atoms with Gasteiger partial charge >= 0.3 is 0 Å². The first-order chi connectivity index (χ1) is 11.1. The number of pyridine rings is 1. The highest BCUT2D eigenvalue weighted by molar-refractivity contribution is 5.79. The molecule has 2 saturated heterocycles. The number of aromatic nitrogens is 1. The van der Waals surface area contributed by atoms with Gasteiger partial charge in [-0.15, -0.1) is 0 Å². The van der Waals surface area contributed by atoms with Gasteiger partial charge in [-0.05, 0) is 38.9 Å². The highest BCUT2D eigenvalue weighted by Crippen LogP contribution is 2.41. The maximum atomic E-state index is 12.1. The molecule has 0 aliphatic carbocycles. The van der Waals surface area contributed by atoms with E-state index >= 15 is 0 Å². The third-order valence-corrected chi connectivity index (χ3v) is 4.68. The molecular formula is C17H25N3O3. The van der Waals surface area contributed by atoms with Crippen molar-refractivity contribution >= 4 is 5.91 Å². The number of ether oxygens (including phenoxy) is 2. The largest absolute Gasteiger partial charge is 0.478 e. The molecule has 1 aromatic rings. The van der Waals surface area contributed by atoms with E-state index in [9.17, 15) is 4.79 Å². The van der Waals surface area contributed by atoms with E-state index < -0.39 is 0 Å². The van der Waals surface area contributed by atoms with Gasteiger partial charge in [0.05, 0.1) is 26.2 Å². The third-order valence-electron chi connectivity index (χ3n) is 4.68. The number of likely N-dealkylation sites (tertiary alicyclic amines) is 1. The molecule has 1 amide bonds. The van der Waals surface area contributed by atoms with Crippen LogP contribution in [0.5, 0.6) is 5.88 Å². The number of amides is 1. The van der Waals surface area contributed by atoms with Crippen molar-refractivity contribution in [3.8, 4) is 5.88 Å². The van der Waals surface area contributed by atoms with Crippen LogP contribution >= 0.6 is 0 Å². The number of carbonyl (C=O) groups excluding carboxylic acids is 1. The molecule has 1 aromatic heterocycles. The summed E-state index contributed by atoms with van der Waals surface area (Å²) in [6.45, 7) is 3.31. The fraction of sp³-hybridized carbons (Fsp3) is 0.647. The molecule has 126 valence electrons. The summed E-state index contributed by atoms with van der Waals surface area (Å²) in [7, 11) is 3.83. The minimum Gasteiger partial charge on any atom is -0.478 e. The van der Waals surface area contributed by atoms with E-state index in [1.807, 2.05) is 42.1 Å². The molecule has 1 unspecified atom stereocenters. The number of hydrogen-bond acceptors (Lipinski definition) is 5. The minimum absolute atomic E-state index is 0.143. The molecule has 0 aromatic carbocycles. The summed E-state index contributed by atoms with van der Waals surface area (Å²) < 4.78 is 11.7. The van der Waals surface area contributed by atoms with E-state index in [-0.39, 0.29) is 11.5 Å². The van der Waals surface area contributed by atoms with Crippen molar-refractivity contribution in [2.75, 3.05) is 46.9 Å². The summed E-state index contributed by atoms with van der Waals surface area (Å²) in [6.07, 6.45) is 3.71. The molecule has 0 saturated carbocycles. The second kappa shape index (κ2) is 6.84. The van der Waals surface area contributed by atoms with Crippen molar-refractivity contribution in [1.29, 1.82) is 0 Å². The Labute approximate surface area is 137 Å². The molecule has 23 heavy (non-hydrogen) atoms. The van der Waals surface area contributed by atoms with Crippen molar-refractivity contribution in [3.63, 3.8) is 0 Å². The van der Waals surface area contributed by atoms with E-state index in [2.05, 4.69) is 4.98 Å². The molecule has 6 heteroatoms. The van der Waals surface area contributed by atoms with Gasteiger partial charge in [-0.1, -0.05) is 6.07 Å². The predicted molar refractivity (Wildman–Crippen MR) is 86.3 cm³/mol. The summed E-state index contributed by atoms with van der Waals surface area (Å²) in [5, 5.41) is 0. The van der Waals surface area contributed by atoms with E-state index in [1.165, 1.54) is 0 Å². The lowest BCUT2D eigenvalue weighted by atomic mass is 9.79. The zero-order valence-corrected chi connectivity index (χ0v) is 13.9. The average Bonchev–Trinajstić information content (AvgIpc) is 2.90. The molecule has 6 nitrogen and oxygen atoms in total. The molecule has 0 radical (unpaired) electrons. The first-order valence-corrected chi connectivity index (χ1v) is 8.19. The van der Waals surface area contributed by atoms with Crippen LogP contribution in [0.1, 0.15) is 12.8 Å². The van der Waals surface area contributed by atoms with Crippen LogP contribution in [0.2, 0.25) is 0 Å². The quantitative estimate of drug-likeness (QED) is 0.784. The monoisotopic (exact) mass is 319 g/mol. The average molecular weight is 319 g/mol. The third kappa shape index (κ3) is 3.64. The predicted octanol–water partition coefficient (Wildman–Crippen LogP) is 1.03. The van der Waals surface area contributed by atoms with E-state index in [0.29, 0.717) is 38.0 Å². The minimum atomic E-state index is -0.143. The highest BCUT2D eigenvalue weighted by atomic mass is 16.5. The Morgan fingerprint density at radius 3 is 3.00 bits per heavy atom. The van der Waals surface area contributed by atoms with Gasteiger partial charge < -0.3 is 19.3 Å². The van der Waals surface area contributed by atoms with E-state index in [0.717, 1.165) is 19.4 Å². The van der Waals surface area contributed by atoms with Gasteiger partial charge in [-0.2, -0.15) is 0 Å². The fourth-order valence-electron chi connectivity index (χ4n) is 3.43. The first-order valence-electron chi connectivity index (χ1n) is 8.19. The topological polar surface area (TPSA) is 54.9 Å². The number of rotatable bonds is 6. The Kier molecular flexibility index (Phi) is 4.82. The van der Waals surface area contributed by atoms with Crippen LogP contribution in [0.3, 0.4) is 0 Å². The van der Waals surface area contributed by atoms with Crippen molar-refractivity contribution in [2.24, 2.45) is 5.92 Å². The number of carbonyl (C=O) groups is 1. The molecule has 1 atom stereocenters. The molecule has 1 spiro atoms. The van der Waals surface area contributed by atoms with Crippen LogP contribution in [-0.4, -0.2) is 73.2 Å². The van der Waals surface area contributed by atoms with Crippen LogP contribution < -0.4 is 4.74 Å². The van der Waals surface area contributed by atoms with Gasteiger partial charge in [0.25, 0.3) is 0 Å². The zero-order valence-electron chi connectivity index (χ0n) is 13.9. The van der Waals surface area contributed by atoms with Crippen LogP contribution in [0.4, 0.5) is 0 Å².